The number of halogens is 1. The maximum absolute atomic E-state index is 14.7. The van der Waals surface area contributed by atoms with Crippen LogP contribution in [0.2, 0.25) is 0 Å². The first kappa shape index (κ1) is 17.7. The second kappa shape index (κ2) is 6.45. The number of esters is 1. The van der Waals surface area contributed by atoms with E-state index in [1.54, 1.807) is 37.3 Å². The molecule has 0 bridgehead atoms. The van der Waals surface area contributed by atoms with E-state index in [1.807, 2.05) is 4.90 Å². The second-order valence-electron chi connectivity index (χ2n) is 7.46. The average molecular weight is 372 g/mol. The molecule has 1 fully saturated rings. The SMILES string of the molecule is CC(C)(C)OC(=O)c1ncn2c1nc(N1CCOCC1)c1c(F)cccc12. The molecule has 0 atom stereocenters. The van der Waals surface area contributed by atoms with Crippen LogP contribution in [0.3, 0.4) is 0 Å². The largest absolute Gasteiger partial charge is 0.455 e. The van der Waals surface area contributed by atoms with Gasteiger partial charge in [-0.15, -0.1) is 0 Å². The molecule has 7 nitrogen and oxygen atoms in total. The molecule has 1 aromatic carbocycles. The molecule has 3 heterocycles. The van der Waals surface area contributed by atoms with Crippen LogP contribution in [-0.2, 0) is 9.47 Å². The molecule has 3 aromatic rings. The average Bonchev–Trinajstić information content (AvgIpc) is 3.05. The van der Waals surface area contributed by atoms with Crippen LogP contribution >= 0.6 is 0 Å². The van der Waals surface area contributed by atoms with Crippen LogP contribution in [0.5, 0.6) is 0 Å². The molecule has 2 aromatic heterocycles. The van der Waals surface area contributed by atoms with E-state index in [1.165, 1.54) is 12.4 Å². The van der Waals surface area contributed by atoms with E-state index in [0.29, 0.717) is 48.7 Å². The zero-order valence-electron chi connectivity index (χ0n) is 15.5. The van der Waals surface area contributed by atoms with Gasteiger partial charge in [-0.25, -0.2) is 19.2 Å². The van der Waals surface area contributed by atoms with Crippen molar-refractivity contribution in [3.63, 3.8) is 0 Å². The highest BCUT2D eigenvalue weighted by Crippen LogP contribution is 2.30. The number of carbonyl (C=O) groups is 1. The van der Waals surface area contributed by atoms with Gasteiger partial charge in [0.15, 0.2) is 11.3 Å². The van der Waals surface area contributed by atoms with Gasteiger partial charge in [-0.3, -0.25) is 4.40 Å². The van der Waals surface area contributed by atoms with Gasteiger partial charge < -0.3 is 14.4 Å². The van der Waals surface area contributed by atoms with Gasteiger partial charge in [-0.05, 0) is 32.9 Å². The van der Waals surface area contributed by atoms with Crippen LogP contribution in [0, 0.1) is 5.82 Å². The Morgan fingerprint density at radius 2 is 2.00 bits per heavy atom. The van der Waals surface area contributed by atoms with E-state index in [9.17, 15) is 9.18 Å². The topological polar surface area (TPSA) is 69.0 Å². The van der Waals surface area contributed by atoms with Crippen molar-refractivity contribution in [2.24, 2.45) is 0 Å². The van der Waals surface area contributed by atoms with Gasteiger partial charge in [0, 0.05) is 13.1 Å². The highest BCUT2D eigenvalue weighted by Gasteiger charge is 2.26. The maximum atomic E-state index is 14.7. The molecular formula is C19H21FN4O3. The molecule has 1 aliphatic rings. The Labute approximate surface area is 155 Å². The zero-order valence-corrected chi connectivity index (χ0v) is 15.5. The van der Waals surface area contributed by atoms with Crippen LogP contribution in [-0.4, -0.2) is 52.2 Å². The lowest BCUT2D eigenvalue weighted by atomic mass is 10.2. The van der Waals surface area contributed by atoms with Crippen LogP contribution in [0.4, 0.5) is 10.2 Å². The lowest BCUT2D eigenvalue weighted by Gasteiger charge is -2.29. The number of aromatic nitrogens is 3. The lowest BCUT2D eigenvalue weighted by Crippen LogP contribution is -2.37. The molecule has 0 aliphatic carbocycles. The van der Waals surface area contributed by atoms with Gasteiger partial charge in [0.25, 0.3) is 0 Å². The quantitative estimate of drug-likeness (QED) is 0.645. The summed E-state index contributed by atoms with van der Waals surface area (Å²) >= 11 is 0. The van der Waals surface area contributed by atoms with Gasteiger partial charge in [0.2, 0.25) is 0 Å². The first-order valence-corrected chi connectivity index (χ1v) is 8.86. The summed E-state index contributed by atoms with van der Waals surface area (Å²) in [5.41, 5.74) is 0.418. The minimum Gasteiger partial charge on any atom is -0.455 e. The molecule has 0 amide bonds. The van der Waals surface area contributed by atoms with Gasteiger partial charge in [-0.1, -0.05) is 6.07 Å². The summed E-state index contributed by atoms with van der Waals surface area (Å²) in [5, 5.41) is 0.403. The van der Waals surface area contributed by atoms with Crippen molar-refractivity contribution in [1.29, 1.82) is 0 Å². The molecule has 0 unspecified atom stereocenters. The van der Waals surface area contributed by atoms with Crippen LogP contribution in [0.25, 0.3) is 16.6 Å². The van der Waals surface area contributed by atoms with Gasteiger partial charge in [0.1, 0.15) is 23.6 Å². The summed E-state index contributed by atoms with van der Waals surface area (Å²) < 4.78 is 27.2. The van der Waals surface area contributed by atoms with Crippen molar-refractivity contribution in [3.05, 3.63) is 36.0 Å². The van der Waals surface area contributed by atoms with Crippen molar-refractivity contribution in [3.8, 4) is 0 Å². The van der Waals surface area contributed by atoms with Gasteiger partial charge in [-0.2, -0.15) is 0 Å². The van der Waals surface area contributed by atoms with E-state index in [4.69, 9.17) is 9.47 Å². The smallest absolute Gasteiger partial charge is 0.361 e. The Bertz CT molecular complexity index is 1020. The summed E-state index contributed by atoms with van der Waals surface area (Å²) in [5.74, 6) is -0.429. The number of fused-ring (bicyclic) bond motifs is 3. The summed E-state index contributed by atoms with van der Waals surface area (Å²) in [4.78, 5) is 23.4. The van der Waals surface area contributed by atoms with E-state index < -0.39 is 11.6 Å². The Kier molecular flexibility index (Phi) is 4.22. The molecule has 4 rings (SSSR count). The molecule has 0 N–H and O–H groups in total. The maximum Gasteiger partial charge on any atom is 0.361 e. The monoisotopic (exact) mass is 372 g/mol. The van der Waals surface area contributed by atoms with E-state index in [0.717, 1.165) is 0 Å². The molecule has 0 spiro atoms. The molecule has 0 radical (unpaired) electrons. The van der Waals surface area contributed by atoms with E-state index >= 15 is 0 Å². The highest BCUT2D eigenvalue weighted by molar-refractivity contribution is 5.98. The predicted octanol–water partition coefficient (Wildman–Crippen LogP) is 2.81. The number of rotatable bonds is 2. The number of imidazole rings is 1. The minimum atomic E-state index is -0.650. The normalized spacial score (nSPS) is 15.5. The minimum absolute atomic E-state index is 0.116. The van der Waals surface area contributed by atoms with E-state index in [2.05, 4.69) is 9.97 Å². The van der Waals surface area contributed by atoms with Crippen molar-refractivity contribution in [2.75, 3.05) is 31.2 Å². The number of hydrogen-bond donors (Lipinski definition) is 0. The predicted molar refractivity (Wildman–Crippen MR) is 98.7 cm³/mol. The molecule has 27 heavy (non-hydrogen) atoms. The highest BCUT2D eigenvalue weighted by atomic mass is 19.1. The number of ether oxygens (including phenoxy) is 2. The Morgan fingerprint density at radius 1 is 1.26 bits per heavy atom. The number of morpholine rings is 1. The van der Waals surface area contributed by atoms with Crippen molar-refractivity contribution in [1.82, 2.24) is 14.4 Å². The number of nitrogens with zero attached hydrogens (tertiary/aromatic N) is 4. The second-order valence-corrected chi connectivity index (χ2v) is 7.46. The molecular weight excluding hydrogens is 351 g/mol. The summed E-state index contributed by atoms with van der Waals surface area (Å²) in [6, 6.07) is 4.83. The third-order valence-electron chi connectivity index (χ3n) is 4.33. The van der Waals surface area contributed by atoms with Crippen molar-refractivity contribution in [2.45, 2.75) is 26.4 Å². The molecule has 8 heteroatoms. The van der Waals surface area contributed by atoms with Gasteiger partial charge in [0.05, 0.1) is 24.1 Å². The summed E-state index contributed by atoms with van der Waals surface area (Å²) in [7, 11) is 0. The van der Waals surface area contributed by atoms with E-state index in [-0.39, 0.29) is 11.5 Å². The van der Waals surface area contributed by atoms with Gasteiger partial charge >= 0.3 is 5.97 Å². The lowest BCUT2D eigenvalue weighted by molar-refractivity contribution is 0.00655. The third-order valence-corrected chi connectivity index (χ3v) is 4.33. The fourth-order valence-corrected chi connectivity index (χ4v) is 3.19. The van der Waals surface area contributed by atoms with Crippen molar-refractivity contribution >= 4 is 28.3 Å². The number of benzene rings is 1. The first-order valence-electron chi connectivity index (χ1n) is 8.86. The zero-order chi connectivity index (χ0) is 19.2. The number of hydrogen-bond acceptors (Lipinski definition) is 6. The number of carbonyl (C=O) groups excluding carboxylic acids is 1. The molecule has 1 aliphatic heterocycles. The van der Waals surface area contributed by atoms with Crippen LogP contribution in [0.15, 0.2) is 24.5 Å². The number of anilines is 1. The Balaban J connectivity index is 1.94. The third kappa shape index (κ3) is 3.21. The molecule has 0 saturated carbocycles. The Hall–Kier alpha value is -2.74. The Morgan fingerprint density at radius 3 is 2.70 bits per heavy atom. The molecule has 142 valence electrons. The fraction of sp³-hybridized carbons (Fsp3) is 0.421. The fourth-order valence-electron chi connectivity index (χ4n) is 3.19. The van der Waals surface area contributed by atoms with Crippen molar-refractivity contribution < 1.29 is 18.7 Å². The molecule has 1 saturated heterocycles. The van der Waals surface area contributed by atoms with Crippen LogP contribution in [0.1, 0.15) is 31.3 Å². The summed E-state index contributed by atoms with van der Waals surface area (Å²) in [6.45, 7) is 7.66. The standard InChI is InChI=1S/C19H21FN4O3/c1-19(2,3)27-18(25)15-17-22-16(23-7-9-26-10-8-23)14-12(20)5-4-6-13(14)24(17)11-21-15/h4-6,11H,7-10H2,1-3H3. The first-order chi connectivity index (χ1) is 12.8. The van der Waals surface area contributed by atoms with Crippen LogP contribution < -0.4 is 4.90 Å². The summed E-state index contributed by atoms with van der Waals surface area (Å²) in [6.07, 6.45) is 1.48.